The molecule has 0 saturated carbocycles. The van der Waals surface area contributed by atoms with E-state index in [1.807, 2.05) is 32.2 Å². The molecule has 1 aliphatic heterocycles. The highest BCUT2D eigenvalue weighted by molar-refractivity contribution is 5.84. The predicted octanol–water partition coefficient (Wildman–Crippen LogP) is 1.01. The molecule has 0 aliphatic carbocycles. The Morgan fingerprint density at radius 1 is 1.33 bits per heavy atom. The largest absolute Gasteiger partial charge is 0.329 e. The van der Waals surface area contributed by atoms with E-state index in [1.54, 1.807) is 4.90 Å². The van der Waals surface area contributed by atoms with Crippen molar-refractivity contribution in [3.05, 3.63) is 35.9 Å². The molecule has 1 aromatic rings. The van der Waals surface area contributed by atoms with Crippen LogP contribution < -0.4 is 5.32 Å². The fourth-order valence-electron chi connectivity index (χ4n) is 1.91. The molecule has 3 heteroatoms. The van der Waals surface area contributed by atoms with Crippen molar-refractivity contribution in [3.8, 4) is 0 Å². The first-order valence-electron chi connectivity index (χ1n) is 5.25. The Bertz CT molecular complexity index is 350. The van der Waals surface area contributed by atoms with Gasteiger partial charge in [0.15, 0.2) is 0 Å². The van der Waals surface area contributed by atoms with Gasteiger partial charge in [0, 0.05) is 7.05 Å². The maximum absolute atomic E-state index is 11.8. The van der Waals surface area contributed by atoms with E-state index in [9.17, 15) is 4.79 Å². The van der Waals surface area contributed by atoms with Gasteiger partial charge >= 0.3 is 0 Å². The van der Waals surface area contributed by atoms with Gasteiger partial charge in [-0.05, 0) is 18.9 Å². The van der Waals surface area contributed by atoms with Crippen LogP contribution in [0.2, 0.25) is 0 Å². The van der Waals surface area contributed by atoms with Crippen LogP contribution in [0.1, 0.15) is 12.5 Å². The summed E-state index contributed by atoms with van der Waals surface area (Å²) in [6, 6.07) is 10.0. The highest BCUT2D eigenvalue weighted by atomic mass is 16.2. The summed E-state index contributed by atoms with van der Waals surface area (Å²) in [6.07, 6.45) is 0.917. The third-order valence-corrected chi connectivity index (χ3v) is 2.95. The summed E-state index contributed by atoms with van der Waals surface area (Å²) in [5.74, 6) is 0.186. The van der Waals surface area contributed by atoms with Crippen LogP contribution >= 0.6 is 0 Å². The van der Waals surface area contributed by atoms with Crippen molar-refractivity contribution in [1.82, 2.24) is 10.2 Å². The van der Waals surface area contributed by atoms with Gasteiger partial charge in [-0.15, -0.1) is 0 Å². The van der Waals surface area contributed by atoms with Crippen LogP contribution in [-0.4, -0.2) is 30.1 Å². The van der Waals surface area contributed by atoms with Crippen LogP contribution in [0.25, 0.3) is 0 Å². The Balaban J connectivity index is 2.05. The number of rotatable bonds is 2. The molecule has 3 nitrogen and oxygen atoms in total. The minimum atomic E-state index is -0.0626. The van der Waals surface area contributed by atoms with E-state index in [-0.39, 0.29) is 18.1 Å². The van der Waals surface area contributed by atoms with Crippen LogP contribution in [-0.2, 0) is 11.2 Å². The zero-order valence-corrected chi connectivity index (χ0v) is 9.10. The van der Waals surface area contributed by atoms with Crippen LogP contribution in [0.5, 0.6) is 0 Å². The number of hydrogen-bond donors (Lipinski definition) is 1. The SMILES string of the molecule is CC1NC(Cc2ccccc2)C(=O)N1C. The Morgan fingerprint density at radius 3 is 2.53 bits per heavy atom. The lowest BCUT2D eigenvalue weighted by atomic mass is 10.1. The smallest absolute Gasteiger partial charge is 0.241 e. The molecular weight excluding hydrogens is 188 g/mol. The summed E-state index contributed by atoms with van der Waals surface area (Å²) >= 11 is 0. The van der Waals surface area contributed by atoms with E-state index in [4.69, 9.17) is 0 Å². The van der Waals surface area contributed by atoms with Crippen molar-refractivity contribution in [2.24, 2.45) is 0 Å². The van der Waals surface area contributed by atoms with Crippen LogP contribution in [0.4, 0.5) is 0 Å². The number of carbonyl (C=O) groups excluding carboxylic acids is 1. The van der Waals surface area contributed by atoms with E-state index >= 15 is 0 Å². The van der Waals surface area contributed by atoms with Crippen molar-refractivity contribution in [3.63, 3.8) is 0 Å². The highest BCUT2D eigenvalue weighted by Crippen LogP contribution is 2.12. The molecule has 15 heavy (non-hydrogen) atoms. The van der Waals surface area contributed by atoms with Crippen LogP contribution in [0, 0.1) is 0 Å². The first-order chi connectivity index (χ1) is 7.18. The molecule has 1 saturated heterocycles. The zero-order valence-electron chi connectivity index (χ0n) is 9.10. The molecule has 2 rings (SSSR count). The molecule has 0 spiro atoms. The third-order valence-electron chi connectivity index (χ3n) is 2.95. The molecule has 1 N–H and O–H groups in total. The van der Waals surface area contributed by atoms with E-state index in [0.717, 1.165) is 6.42 Å². The molecule has 0 bridgehead atoms. The molecule has 1 fully saturated rings. The average Bonchev–Trinajstić information content (AvgIpc) is 2.48. The Hall–Kier alpha value is -1.35. The van der Waals surface area contributed by atoms with Gasteiger partial charge in [0.2, 0.25) is 5.91 Å². The summed E-state index contributed by atoms with van der Waals surface area (Å²) in [6.45, 7) is 2.00. The lowest BCUT2D eigenvalue weighted by Crippen LogP contribution is -2.32. The molecule has 2 atom stereocenters. The van der Waals surface area contributed by atoms with Gasteiger partial charge in [-0.25, -0.2) is 0 Å². The molecule has 0 radical (unpaired) electrons. The number of amides is 1. The summed E-state index contributed by atoms with van der Waals surface area (Å²) in [5, 5.41) is 3.28. The van der Waals surface area contributed by atoms with Gasteiger partial charge in [0.25, 0.3) is 0 Å². The van der Waals surface area contributed by atoms with Crippen molar-refractivity contribution in [2.45, 2.75) is 25.6 Å². The third kappa shape index (κ3) is 2.02. The molecule has 80 valence electrons. The quantitative estimate of drug-likeness (QED) is 0.779. The lowest BCUT2D eigenvalue weighted by Gasteiger charge is -2.12. The van der Waals surface area contributed by atoms with Gasteiger partial charge < -0.3 is 4.90 Å². The molecular formula is C12H16N2O. The molecule has 1 aliphatic rings. The Kier molecular flexibility index (Phi) is 2.73. The zero-order chi connectivity index (χ0) is 10.8. The van der Waals surface area contributed by atoms with Crippen molar-refractivity contribution in [2.75, 3.05) is 7.05 Å². The minimum Gasteiger partial charge on any atom is -0.329 e. The first kappa shape index (κ1) is 10.2. The minimum absolute atomic E-state index is 0.0626. The fourth-order valence-corrected chi connectivity index (χ4v) is 1.91. The lowest BCUT2D eigenvalue weighted by molar-refractivity contribution is -0.128. The van der Waals surface area contributed by atoms with Gasteiger partial charge in [0.05, 0.1) is 12.2 Å². The molecule has 0 aromatic heterocycles. The second kappa shape index (κ2) is 4.03. The van der Waals surface area contributed by atoms with Crippen molar-refractivity contribution in [1.29, 1.82) is 0 Å². The van der Waals surface area contributed by atoms with Gasteiger partial charge in [-0.2, -0.15) is 0 Å². The van der Waals surface area contributed by atoms with E-state index in [0.29, 0.717) is 0 Å². The number of hydrogen-bond acceptors (Lipinski definition) is 2. The average molecular weight is 204 g/mol. The summed E-state index contributed by atoms with van der Waals surface area (Å²) < 4.78 is 0. The first-order valence-corrected chi connectivity index (χ1v) is 5.25. The summed E-state index contributed by atoms with van der Waals surface area (Å²) in [4.78, 5) is 13.5. The number of likely N-dealkylation sites (N-methyl/N-ethyl adjacent to an activating group) is 1. The normalized spacial score (nSPS) is 26.0. The summed E-state index contributed by atoms with van der Waals surface area (Å²) in [5.41, 5.74) is 1.20. The molecule has 1 heterocycles. The number of benzene rings is 1. The second-order valence-electron chi connectivity index (χ2n) is 4.03. The molecule has 2 unspecified atom stereocenters. The van der Waals surface area contributed by atoms with E-state index < -0.39 is 0 Å². The van der Waals surface area contributed by atoms with Gasteiger partial charge in [0.1, 0.15) is 0 Å². The number of nitrogens with one attached hydrogen (secondary N) is 1. The van der Waals surface area contributed by atoms with E-state index in [1.165, 1.54) is 5.56 Å². The van der Waals surface area contributed by atoms with Crippen molar-refractivity contribution < 1.29 is 4.79 Å². The monoisotopic (exact) mass is 204 g/mol. The maximum Gasteiger partial charge on any atom is 0.241 e. The second-order valence-corrected chi connectivity index (χ2v) is 4.03. The predicted molar refractivity (Wildman–Crippen MR) is 59.3 cm³/mol. The highest BCUT2D eigenvalue weighted by Gasteiger charge is 2.33. The summed E-state index contributed by atoms with van der Waals surface area (Å²) in [7, 11) is 1.84. The number of nitrogens with zero attached hydrogens (tertiary/aromatic N) is 1. The Labute approximate surface area is 90.1 Å². The number of carbonyl (C=O) groups is 1. The van der Waals surface area contributed by atoms with Crippen LogP contribution in [0.3, 0.4) is 0 Å². The standard InChI is InChI=1S/C12H16N2O/c1-9-13-11(12(15)14(9)2)8-10-6-4-3-5-7-10/h3-7,9,11,13H,8H2,1-2H3. The molecule has 1 amide bonds. The maximum atomic E-state index is 11.8. The topological polar surface area (TPSA) is 32.3 Å². The van der Waals surface area contributed by atoms with Gasteiger partial charge in [-0.3, -0.25) is 10.1 Å². The molecule has 1 aromatic carbocycles. The fraction of sp³-hybridized carbons (Fsp3) is 0.417. The van der Waals surface area contributed by atoms with Gasteiger partial charge in [-0.1, -0.05) is 30.3 Å². The van der Waals surface area contributed by atoms with E-state index in [2.05, 4.69) is 17.4 Å². The van der Waals surface area contributed by atoms with Crippen molar-refractivity contribution >= 4 is 5.91 Å². The van der Waals surface area contributed by atoms with Crippen LogP contribution in [0.15, 0.2) is 30.3 Å². The Morgan fingerprint density at radius 2 is 2.00 bits per heavy atom.